The first-order valence-corrected chi connectivity index (χ1v) is 21.8. The maximum Gasteiger partial charge on any atom is 0.334 e. The number of hydrogen-bond donors (Lipinski definition) is 2. The van der Waals surface area contributed by atoms with Crippen molar-refractivity contribution in [1.29, 1.82) is 0 Å². The van der Waals surface area contributed by atoms with E-state index in [1.165, 1.54) is 103 Å². The average Bonchev–Trinajstić information content (AvgIpc) is 3.93. The molecule has 8 unspecified atom stereocenters. The first-order valence-electron chi connectivity index (χ1n) is 21.8. The number of esters is 2. The Balaban J connectivity index is 0.899. The SMILES string of the molecule is CC1C=C(CCCCCCCCCCCCC(O)C2CCC(C3CCC(C(O)CCCCCCCCCCCCC4=CC(C)OC4=O)O3)O2)C(=O)O1. The van der Waals surface area contributed by atoms with E-state index in [1.807, 2.05) is 26.0 Å². The molecule has 8 nitrogen and oxygen atoms in total. The summed E-state index contributed by atoms with van der Waals surface area (Å²) < 4.78 is 23.0. The van der Waals surface area contributed by atoms with Crippen LogP contribution in [0.1, 0.15) is 194 Å². The Morgan fingerprint density at radius 2 is 0.808 bits per heavy atom. The third-order valence-corrected chi connectivity index (χ3v) is 11.8. The molecule has 8 heteroatoms. The fraction of sp³-hybridized carbons (Fsp3) is 0.864. The molecule has 8 atom stereocenters. The van der Waals surface area contributed by atoms with Crippen LogP contribution in [0, 0.1) is 0 Å². The van der Waals surface area contributed by atoms with Crippen molar-refractivity contribution in [3.63, 3.8) is 0 Å². The largest absolute Gasteiger partial charge is 0.455 e. The van der Waals surface area contributed by atoms with Gasteiger partial charge in [0.2, 0.25) is 0 Å². The second-order valence-corrected chi connectivity index (χ2v) is 16.5. The van der Waals surface area contributed by atoms with E-state index in [4.69, 9.17) is 18.9 Å². The van der Waals surface area contributed by atoms with Crippen LogP contribution in [0.2, 0.25) is 0 Å². The number of unbranched alkanes of at least 4 members (excludes halogenated alkanes) is 18. The Labute approximate surface area is 315 Å². The fourth-order valence-electron chi connectivity index (χ4n) is 8.66. The molecular weight excluding hydrogens is 656 g/mol. The third-order valence-electron chi connectivity index (χ3n) is 11.8. The Morgan fingerprint density at radius 3 is 1.12 bits per heavy atom. The van der Waals surface area contributed by atoms with E-state index in [0.29, 0.717) is 0 Å². The molecule has 0 aromatic carbocycles. The maximum absolute atomic E-state index is 11.7. The lowest BCUT2D eigenvalue weighted by Crippen LogP contribution is -2.33. The number of hydrogen-bond acceptors (Lipinski definition) is 8. The minimum absolute atomic E-state index is 0.0455. The summed E-state index contributed by atoms with van der Waals surface area (Å²) in [5, 5.41) is 21.6. The van der Waals surface area contributed by atoms with Crippen molar-refractivity contribution in [1.82, 2.24) is 0 Å². The van der Waals surface area contributed by atoms with Gasteiger partial charge in [-0.05, 0) is 90.2 Å². The topological polar surface area (TPSA) is 112 Å². The number of aliphatic hydroxyl groups excluding tert-OH is 2. The number of cyclic esters (lactones) is 2. The van der Waals surface area contributed by atoms with Gasteiger partial charge >= 0.3 is 11.9 Å². The van der Waals surface area contributed by atoms with Gasteiger partial charge in [0.15, 0.2) is 0 Å². The molecule has 0 saturated carbocycles. The molecule has 2 saturated heterocycles. The molecule has 2 N–H and O–H groups in total. The van der Waals surface area contributed by atoms with Gasteiger partial charge in [-0.2, -0.15) is 0 Å². The van der Waals surface area contributed by atoms with Crippen molar-refractivity contribution >= 4 is 11.9 Å². The highest BCUT2D eigenvalue weighted by Gasteiger charge is 2.40. The lowest BCUT2D eigenvalue weighted by molar-refractivity contribution is -0.140. The Hall–Kier alpha value is -1.74. The molecule has 0 amide bonds. The van der Waals surface area contributed by atoms with Crippen LogP contribution in [-0.4, -0.2) is 71.0 Å². The highest BCUT2D eigenvalue weighted by Crippen LogP contribution is 2.35. The van der Waals surface area contributed by atoms with Crippen molar-refractivity contribution in [3.8, 4) is 0 Å². The van der Waals surface area contributed by atoms with Crippen LogP contribution in [0.5, 0.6) is 0 Å². The number of carbonyl (C=O) groups is 2. The predicted octanol–water partition coefficient (Wildman–Crippen LogP) is 9.91. The summed E-state index contributed by atoms with van der Waals surface area (Å²) in [7, 11) is 0. The van der Waals surface area contributed by atoms with Gasteiger partial charge in [0, 0.05) is 11.1 Å². The van der Waals surface area contributed by atoms with Crippen LogP contribution < -0.4 is 0 Å². The second-order valence-electron chi connectivity index (χ2n) is 16.5. The molecule has 0 bridgehead atoms. The first-order chi connectivity index (χ1) is 25.3. The third kappa shape index (κ3) is 15.9. The fourth-order valence-corrected chi connectivity index (χ4v) is 8.66. The zero-order valence-corrected chi connectivity index (χ0v) is 32.9. The van der Waals surface area contributed by atoms with E-state index in [1.54, 1.807) is 0 Å². The van der Waals surface area contributed by atoms with Gasteiger partial charge < -0.3 is 29.2 Å². The van der Waals surface area contributed by atoms with Gasteiger partial charge in [0.05, 0.1) is 36.6 Å². The molecule has 4 aliphatic heterocycles. The smallest absolute Gasteiger partial charge is 0.334 e. The maximum atomic E-state index is 11.7. The molecule has 0 aromatic heterocycles. The summed E-state index contributed by atoms with van der Waals surface area (Å²) in [5.41, 5.74) is 1.73. The van der Waals surface area contributed by atoms with Crippen LogP contribution in [-0.2, 0) is 28.5 Å². The first kappa shape index (κ1) is 43.0. The Kier molecular flexibility index (Phi) is 20.4. The van der Waals surface area contributed by atoms with E-state index in [0.717, 1.165) is 88.2 Å². The van der Waals surface area contributed by atoms with Crippen molar-refractivity contribution < 1.29 is 38.7 Å². The summed E-state index contributed by atoms with van der Waals surface area (Å²) in [6.07, 6.45) is 34.1. The molecule has 0 aliphatic carbocycles. The lowest BCUT2D eigenvalue weighted by Gasteiger charge is -2.24. The van der Waals surface area contributed by atoms with Crippen LogP contribution in [0.25, 0.3) is 0 Å². The van der Waals surface area contributed by atoms with Crippen molar-refractivity contribution in [2.45, 2.75) is 242 Å². The highest BCUT2D eigenvalue weighted by atomic mass is 16.6. The summed E-state index contributed by atoms with van der Waals surface area (Å²) in [5.74, 6) is -0.245. The molecular formula is C44H74O8. The monoisotopic (exact) mass is 731 g/mol. The van der Waals surface area contributed by atoms with E-state index in [-0.39, 0.29) is 48.6 Å². The van der Waals surface area contributed by atoms with E-state index in [9.17, 15) is 19.8 Å². The summed E-state index contributed by atoms with van der Waals surface area (Å²) in [4.78, 5) is 23.3. The minimum Gasteiger partial charge on any atom is -0.455 e. The van der Waals surface area contributed by atoms with Crippen LogP contribution in [0.4, 0.5) is 0 Å². The zero-order chi connectivity index (χ0) is 37.0. The van der Waals surface area contributed by atoms with Crippen molar-refractivity contribution in [2.75, 3.05) is 0 Å². The van der Waals surface area contributed by atoms with Crippen LogP contribution in [0.3, 0.4) is 0 Å². The number of aliphatic hydroxyl groups is 2. The van der Waals surface area contributed by atoms with Gasteiger partial charge in [0.25, 0.3) is 0 Å². The van der Waals surface area contributed by atoms with E-state index in [2.05, 4.69) is 0 Å². The van der Waals surface area contributed by atoms with Gasteiger partial charge in [-0.1, -0.05) is 116 Å². The molecule has 298 valence electrons. The molecule has 4 heterocycles. The normalized spacial score (nSPS) is 27.2. The quantitative estimate of drug-likeness (QED) is 0.0578. The molecule has 52 heavy (non-hydrogen) atoms. The standard InChI is InChI=1S/C44H74O8/c1-33-31-35(43(47)49-33)23-19-15-11-7-3-5-9-13-17-21-25-37(45)39-27-29-41(51-39)42-30-28-40(52-42)38(46)26-22-18-14-10-6-4-8-12-16-20-24-36-32-34(2)50-44(36)48/h31-34,37-42,45-46H,3-30H2,1-2H3. The van der Waals surface area contributed by atoms with Crippen LogP contribution >= 0.6 is 0 Å². The predicted molar refractivity (Wildman–Crippen MR) is 206 cm³/mol. The summed E-state index contributed by atoms with van der Waals surface area (Å²) >= 11 is 0. The number of ether oxygens (including phenoxy) is 4. The summed E-state index contributed by atoms with van der Waals surface area (Å²) in [6.45, 7) is 3.83. The highest BCUT2D eigenvalue weighted by molar-refractivity contribution is 5.91. The van der Waals surface area contributed by atoms with Crippen molar-refractivity contribution in [2.24, 2.45) is 0 Å². The number of rotatable bonds is 29. The lowest BCUT2D eigenvalue weighted by atomic mass is 10.00. The van der Waals surface area contributed by atoms with Crippen molar-refractivity contribution in [3.05, 3.63) is 23.3 Å². The second kappa shape index (κ2) is 24.6. The molecule has 2 fully saturated rings. The van der Waals surface area contributed by atoms with Gasteiger partial charge in [0.1, 0.15) is 12.2 Å². The van der Waals surface area contributed by atoms with Gasteiger partial charge in [-0.3, -0.25) is 0 Å². The van der Waals surface area contributed by atoms with E-state index >= 15 is 0 Å². The summed E-state index contributed by atoms with van der Waals surface area (Å²) in [6, 6.07) is 0. The minimum atomic E-state index is -0.393. The van der Waals surface area contributed by atoms with Crippen LogP contribution in [0.15, 0.2) is 23.3 Å². The number of carbonyl (C=O) groups excluding carboxylic acids is 2. The average molecular weight is 731 g/mol. The molecule has 0 radical (unpaired) electrons. The molecule has 4 rings (SSSR count). The van der Waals surface area contributed by atoms with E-state index < -0.39 is 12.2 Å². The molecule has 0 spiro atoms. The molecule has 4 aliphatic rings. The van der Waals surface area contributed by atoms with Gasteiger partial charge in [-0.15, -0.1) is 0 Å². The Bertz CT molecular complexity index is 1000. The zero-order valence-electron chi connectivity index (χ0n) is 32.9. The Morgan fingerprint density at radius 1 is 0.500 bits per heavy atom. The molecule has 0 aromatic rings. The van der Waals surface area contributed by atoms with Gasteiger partial charge in [-0.25, -0.2) is 9.59 Å².